The van der Waals surface area contributed by atoms with E-state index in [2.05, 4.69) is 15.2 Å². The maximum Gasteiger partial charge on any atom is 0.273 e. The number of aromatic hydroxyl groups is 1. The second-order valence-electron chi connectivity index (χ2n) is 7.95. The molecule has 2 aromatic heterocycles. The number of carbonyl (C=O) groups is 1. The first-order chi connectivity index (χ1) is 16.0. The number of halogens is 1. The summed E-state index contributed by atoms with van der Waals surface area (Å²) in [6.45, 7) is 2.19. The molecule has 0 spiro atoms. The molecule has 0 fully saturated rings. The van der Waals surface area contributed by atoms with E-state index in [4.69, 9.17) is 16.3 Å². The Morgan fingerprint density at radius 2 is 2.00 bits per heavy atom. The van der Waals surface area contributed by atoms with Crippen molar-refractivity contribution in [2.75, 3.05) is 7.11 Å². The monoisotopic (exact) mass is 460 g/mol. The molecular weight excluding hydrogens is 440 g/mol. The molecule has 3 heterocycles. The molecule has 7 nitrogen and oxygen atoms in total. The van der Waals surface area contributed by atoms with Crippen molar-refractivity contribution in [1.82, 2.24) is 20.1 Å². The summed E-state index contributed by atoms with van der Waals surface area (Å²) < 4.78 is 5.31. The minimum atomic E-state index is -0.424. The van der Waals surface area contributed by atoms with Crippen LogP contribution in [-0.2, 0) is 6.54 Å². The van der Waals surface area contributed by atoms with Gasteiger partial charge in [0.15, 0.2) is 0 Å². The van der Waals surface area contributed by atoms with Crippen molar-refractivity contribution < 1.29 is 14.6 Å². The zero-order valence-electron chi connectivity index (χ0n) is 18.0. The second kappa shape index (κ2) is 8.26. The molecule has 2 aromatic carbocycles. The normalized spacial score (nSPS) is 15.1. The highest BCUT2D eigenvalue weighted by atomic mass is 35.5. The number of H-pyrrole nitrogens is 1. The molecule has 1 aliphatic rings. The van der Waals surface area contributed by atoms with Crippen molar-refractivity contribution in [2.24, 2.45) is 0 Å². The molecule has 5 rings (SSSR count). The van der Waals surface area contributed by atoms with Crippen molar-refractivity contribution >= 4 is 17.5 Å². The zero-order valence-corrected chi connectivity index (χ0v) is 18.8. The number of aryl methyl sites for hydroxylation is 1. The molecule has 166 valence electrons. The number of aromatic amines is 1. The van der Waals surface area contributed by atoms with Crippen LogP contribution >= 0.6 is 11.6 Å². The molecule has 0 saturated carbocycles. The van der Waals surface area contributed by atoms with Crippen LogP contribution in [0.5, 0.6) is 11.5 Å². The van der Waals surface area contributed by atoms with Crippen LogP contribution in [0.4, 0.5) is 0 Å². The predicted octanol–water partition coefficient (Wildman–Crippen LogP) is 4.89. The summed E-state index contributed by atoms with van der Waals surface area (Å²) in [6, 6.07) is 14.2. The molecule has 1 amide bonds. The number of nitrogens with zero attached hydrogens (tertiary/aromatic N) is 3. The van der Waals surface area contributed by atoms with E-state index in [0.29, 0.717) is 34.1 Å². The van der Waals surface area contributed by atoms with Crippen LogP contribution in [0.3, 0.4) is 0 Å². The topological polar surface area (TPSA) is 91.3 Å². The van der Waals surface area contributed by atoms with Gasteiger partial charge in [0.05, 0.1) is 13.2 Å². The second-order valence-corrected chi connectivity index (χ2v) is 8.36. The first-order valence-electron chi connectivity index (χ1n) is 10.4. The van der Waals surface area contributed by atoms with Gasteiger partial charge in [-0.1, -0.05) is 29.8 Å². The number of phenols is 1. The smallest absolute Gasteiger partial charge is 0.273 e. The van der Waals surface area contributed by atoms with Gasteiger partial charge < -0.3 is 14.7 Å². The van der Waals surface area contributed by atoms with E-state index in [9.17, 15) is 9.90 Å². The molecule has 0 unspecified atom stereocenters. The van der Waals surface area contributed by atoms with Gasteiger partial charge >= 0.3 is 0 Å². The van der Waals surface area contributed by atoms with Gasteiger partial charge in [0.1, 0.15) is 22.9 Å². The highest BCUT2D eigenvalue weighted by Crippen LogP contribution is 2.46. The lowest BCUT2D eigenvalue weighted by Gasteiger charge is -2.26. The number of ether oxygens (including phenoxy) is 1. The van der Waals surface area contributed by atoms with Gasteiger partial charge in [-0.15, -0.1) is 0 Å². The van der Waals surface area contributed by atoms with Gasteiger partial charge in [-0.3, -0.25) is 14.9 Å². The van der Waals surface area contributed by atoms with Crippen molar-refractivity contribution in [3.63, 3.8) is 0 Å². The van der Waals surface area contributed by atoms with Gasteiger partial charge in [0.25, 0.3) is 5.91 Å². The third-order valence-electron chi connectivity index (χ3n) is 5.90. The fraction of sp³-hybridized carbons (Fsp3) is 0.160. The van der Waals surface area contributed by atoms with Crippen LogP contribution in [0.15, 0.2) is 60.9 Å². The SMILES string of the molecule is COc1ccc([C@H]2c3c(-c4cc(Cl)c(C)cc4O)n[nH]c3C(=O)N2Cc2cccnc2)cc1. The number of hydrogen-bond donors (Lipinski definition) is 2. The first-order valence-corrected chi connectivity index (χ1v) is 10.8. The molecule has 0 bridgehead atoms. The van der Waals surface area contributed by atoms with Gasteiger partial charge in [0.2, 0.25) is 0 Å². The molecule has 4 aromatic rings. The van der Waals surface area contributed by atoms with Crippen molar-refractivity contribution in [2.45, 2.75) is 19.5 Å². The Morgan fingerprint density at radius 3 is 2.70 bits per heavy atom. The average molecular weight is 461 g/mol. The minimum Gasteiger partial charge on any atom is -0.507 e. The van der Waals surface area contributed by atoms with E-state index in [-0.39, 0.29) is 11.7 Å². The largest absolute Gasteiger partial charge is 0.507 e. The summed E-state index contributed by atoms with van der Waals surface area (Å²) in [6.07, 6.45) is 3.44. The number of fused-ring (bicyclic) bond motifs is 1. The lowest BCUT2D eigenvalue weighted by atomic mass is 9.95. The first kappa shape index (κ1) is 21.0. The van der Waals surface area contributed by atoms with E-state index >= 15 is 0 Å². The van der Waals surface area contributed by atoms with Gasteiger partial charge in [-0.25, -0.2) is 0 Å². The highest BCUT2D eigenvalue weighted by molar-refractivity contribution is 6.31. The van der Waals surface area contributed by atoms with Crippen molar-refractivity contribution in [3.8, 4) is 22.8 Å². The number of amides is 1. The number of nitrogens with one attached hydrogen (secondary N) is 1. The number of pyridine rings is 1. The molecule has 0 aliphatic carbocycles. The van der Waals surface area contributed by atoms with Crippen molar-refractivity contribution in [1.29, 1.82) is 0 Å². The summed E-state index contributed by atoms with van der Waals surface area (Å²) in [4.78, 5) is 19.4. The number of hydrogen-bond acceptors (Lipinski definition) is 5. The summed E-state index contributed by atoms with van der Waals surface area (Å²) in [7, 11) is 1.61. The van der Waals surface area contributed by atoms with E-state index in [1.807, 2.05) is 43.3 Å². The summed E-state index contributed by atoms with van der Waals surface area (Å²) >= 11 is 6.36. The Kier molecular flexibility index (Phi) is 5.26. The molecule has 1 aliphatic heterocycles. The average Bonchev–Trinajstić information content (AvgIpc) is 3.36. The molecule has 1 atom stereocenters. The fourth-order valence-corrected chi connectivity index (χ4v) is 4.41. The Morgan fingerprint density at radius 1 is 1.21 bits per heavy atom. The number of carbonyl (C=O) groups excluding carboxylic acids is 1. The predicted molar refractivity (Wildman–Crippen MR) is 124 cm³/mol. The minimum absolute atomic E-state index is 0.0536. The Balaban J connectivity index is 1.67. The Bertz CT molecular complexity index is 1340. The van der Waals surface area contributed by atoms with Gasteiger partial charge in [-0.05, 0) is 53.9 Å². The summed E-state index contributed by atoms with van der Waals surface area (Å²) in [5.41, 5.74) is 4.61. The van der Waals surface area contributed by atoms with Crippen LogP contribution in [0, 0.1) is 6.92 Å². The van der Waals surface area contributed by atoms with Crippen LogP contribution in [0.2, 0.25) is 5.02 Å². The maximum atomic E-state index is 13.5. The molecule has 8 heteroatoms. The molecule has 2 N–H and O–H groups in total. The Labute approximate surface area is 195 Å². The standard InChI is InChI=1S/C25H21ClN4O3/c1-14-10-20(31)18(11-19(14)26)22-21-23(29-28-22)25(32)30(13-15-4-3-9-27-12-15)24(21)16-5-7-17(33-2)8-6-16/h3-12,24,31H,13H2,1-2H3,(H,28,29)/t24-/m0/s1. The lowest BCUT2D eigenvalue weighted by molar-refractivity contribution is 0.0730. The number of phenolic OH excluding ortho intramolecular Hbond substituents is 1. The van der Waals surface area contributed by atoms with Gasteiger partial charge in [-0.2, -0.15) is 5.10 Å². The van der Waals surface area contributed by atoms with E-state index < -0.39 is 6.04 Å². The number of aromatic nitrogens is 3. The fourth-order valence-electron chi connectivity index (χ4n) is 4.24. The van der Waals surface area contributed by atoms with E-state index in [1.54, 1.807) is 36.5 Å². The third kappa shape index (κ3) is 3.60. The highest BCUT2D eigenvalue weighted by Gasteiger charge is 2.42. The Hall–Kier alpha value is -3.84. The quantitative estimate of drug-likeness (QED) is 0.442. The molecule has 0 saturated heterocycles. The zero-order chi connectivity index (χ0) is 23.1. The van der Waals surface area contributed by atoms with Crippen LogP contribution < -0.4 is 4.74 Å². The van der Waals surface area contributed by atoms with Gasteiger partial charge in [0, 0.05) is 35.1 Å². The molecule has 0 radical (unpaired) electrons. The maximum absolute atomic E-state index is 13.5. The number of rotatable bonds is 5. The molecule has 33 heavy (non-hydrogen) atoms. The van der Waals surface area contributed by atoms with Crippen LogP contribution in [0.25, 0.3) is 11.3 Å². The van der Waals surface area contributed by atoms with E-state index in [0.717, 1.165) is 22.4 Å². The third-order valence-corrected chi connectivity index (χ3v) is 6.31. The lowest BCUT2D eigenvalue weighted by Crippen LogP contribution is -2.29. The number of methoxy groups -OCH3 is 1. The summed E-state index contributed by atoms with van der Waals surface area (Å²) in [5, 5.41) is 18.5. The van der Waals surface area contributed by atoms with Crippen LogP contribution in [0.1, 0.15) is 38.8 Å². The summed E-state index contributed by atoms with van der Waals surface area (Å²) in [5.74, 6) is 0.599. The van der Waals surface area contributed by atoms with Crippen LogP contribution in [-0.4, -0.2) is 38.2 Å². The van der Waals surface area contributed by atoms with E-state index in [1.165, 1.54) is 0 Å². The molecular formula is C25H21ClN4O3. The number of benzene rings is 2. The van der Waals surface area contributed by atoms with Crippen molar-refractivity contribution in [3.05, 3.63) is 93.9 Å².